The number of nitrogens with zero attached hydrogens (tertiary/aromatic N) is 1. The number of thiophene rings is 1. The molecule has 0 aromatic carbocycles. The van der Waals surface area contributed by atoms with Crippen LogP contribution in [0, 0.1) is 0 Å². The molecule has 0 bridgehead atoms. The van der Waals surface area contributed by atoms with Crippen LogP contribution in [-0.2, 0) is 6.54 Å². The van der Waals surface area contributed by atoms with Crippen molar-refractivity contribution in [2.45, 2.75) is 31.8 Å². The minimum absolute atomic E-state index is 0.719. The fourth-order valence-electron chi connectivity index (χ4n) is 2.10. The van der Waals surface area contributed by atoms with Crippen LogP contribution in [0.15, 0.2) is 17.5 Å². The third-order valence-corrected chi connectivity index (χ3v) is 3.97. The Labute approximate surface area is 96.3 Å². The molecule has 0 amide bonds. The summed E-state index contributed by atoms with van der Waals surface area (Å²) < 4.78 is 0. The summed E-state index contributed by atoms with van der Waals surface area (Å²) in [4.78, 5) is 3.89. The van der Waals surface area contributed by atoms with Gasteiger partial charge in [0.05, 0.1) is 0 Å². The Morgan fingerprint density at radius 3 is 3.20 bits per heavy atom. The third-order valence-electron chi connectivity index (χ3n) is 3.10. The van der Waals surface area contributed by atoms with Crippen LogP contribution in [0.25, 0.3) is 0 Å². The lowest BCUT2D eigenvalue weighted by Crippen LogP contribution is -2.29. The first-order valence-electron chi connectivity index (χ1n) is 5.79. The Morgan fingerprint density at radius 2 is 2.40 bits per heavy atom. The normalized spacial score (nSPS) is 23.9. The van der Waals surface area contributed by atoms with Gasteiger partial charge in [-0.05, 0) is 50.8 Å². The second-order valence-corrected chi connectivity index (χ2v) is 5.42. The minimum atomic E-state index is 0.719. The minimum Gasteiger partial charge on any atom is -0.309 e. The Balaban J connectivity index is 1.74. The molecule has 2 nitrogen and oxygen atoms in total. The maximum absolute atomic E-state index is 3.67. The molecule has 0 spiro atoms. The van der Waals surface area contributed by atoms with Gasteiger partial charge in [-0.2, -0.15) is 0 Å². The van der Waals surface area contributed by atoms with Crippen molar-refractivity contribution in [3.63, 3.8) is 0 Å². The lowest BCUT2D eigenvalue weighted by atomic mass is 10.1. The van der Waals surface area contributed by atoms with E-state index in [4.69, 9.17) is 0 Å². The molecule has 1 fully saturated rings. The van der Waals surface area contributed by atoms with Crippen LogP contribution >= 0.6 is 11.3 Å². The van der Waals surface area contributed by atoms with Crippen LogP contribution in [0.1, 0.15) is 24.1 Å². The van der Waals surface area contributed by atoms with Crippen LogP contribution in [-0.4, -0.2) is 31.1 Å². The Hall–Kier alpha value is -0.380. The molecule has 0 saturated carbocycles. The topological polar surface area (TPSA) is 15.3 Å². The fraction of sp³-hybridized carbons (Fsp3) is 0.667. The Bertz CT molecular complexity index is 271. The molecule has 1 aromatic rings. The molecular weight excluding hydrogens is 204 g/mol. The van der Waals surface area contributed by atoms with Gasteiger partial charge in [0.25, 0.3) is 0 Å². The smallest absolute Gasteiger partial charge is 0.0302 e. The van der Waals surface area contributed by atoms with Gasteiger partial charge < -0.3 is 10.2 Å². The highest BCUT2D eigenvalue weighted by atomic mass is 32.1. The quantitative estimate of drug-likeness (QED) is 0.847. The van der Waals surface area contributed by atoms with Gasteiger partial charge in [-0.3, -0.25) is 0 Å². The molecule has 2 rings (SSSR count). The van der Waals surface area contributed by atoms with E-state index >= 15 is 0 Å². The highest BCUT2D eigenvalue weighted by Crippen LogP contribution is 2.12. The van der Waals surface area contributed by atoms with E-state index in [0.717, 1.165) is 12.6 Å². The number of nitrogens with one attached hydrogen (secondary N) is 1. The standard InChI is InChI=1S/C12H20N2S/c1-14-7-2-4-11(6-8-14)13-10-12-5-3-9-15-12/h3,5,9,11,13H,2,4,6-8,10H2,1H3. The van der Waals surface area contributed by atoms with E-state index in [9.17, 15) is 0 Å². The molecule has 1 saturated heterocycles. The predicted molar refractivity (Wildman–Crippen MR) is 66.3 cm³/mol. The first-order chi connectivity index (χ1) is 7.34. The maximum Gasteiger partial charge on any atom is 0.0302 e. The summed E-state index contributed by atoms with van der Waals surface area (Å²) in [6.07, 6.45) is 3.95. The van der Waals surface area contributed by atoms with E-state index < -0.39 is 0 Å². The second-order valence-electron chi connectivity index (χ2n) is 4.39. The Morgan fingerprint density at radius 1 is 1.47 bits per heavy atom. The van der Waals surface area contributed by atoms with E-state index in [-0.39, 0.29) is 0 Å². The van der Waals surface area contributed by atoms with Gasteiger partial charge in [0.2, 0.25) is 0 Å². The molecule has 1 atom stereocenters. The van der Waals surface area contributed by atoms with Crippen molar-refractivity contribution in [1.29, 1.82) is 0 Å². The highest BCUT2D eigenvalue weighted by molar-refractivity contribution is 7.09. The third kappa shape index (κ3) is 3.59. The molecule has 15 heavy (non-hydrogen) atoms. The second kappa shape index (κ2) is 5.64. The van der Waals surface area contributed by atoms with Crippen molar-refractivity contribution in [3.8, 4) is 0 Å². The number of rotatable bonds is 3. The summed E-state index contributed by atoms with van der Waals surface area (Å²) in [5.74, 6) is 0. The van der Waals surface area contributed by atoms with Gasteiger partial charge in [-0.15, -0.1) is 11.3 Å². The molecule has 0 radical (unpaired) electrons. The summed E-state index contributed by atoms with van der Waals surface area (Å²) in [6.45, 7) is 3.55. The number of likely N-dealkylation sites (tertiary alicyclic amines) is 1. The van der Waals surface area contributed by atoms with Gasteiger partial charge in [-0.25, -0.2) is 0 Å². The SMILES string of the molecule is CN1CCCC(NCc2cccs2)CC1. The number of hydrogen-bond donors (Lipinski definition) is 1. The Kier molecular flexibility index (Phi) is 4.18. The van der Waals surface area contributed by atoms with Crippen LogP contribution in [0.3, 0.4) is 0 Å². The van der Waals surface area contributed by atoms with E-state index in [1.165, 1.54) is 37.2 Å². The fourth-order valence-corrected chi connectivity index (χ4v) is 2.76. The molecule has 2 heterocycles. The molecule has 1 aliphatic heterocycles. The van der Waals surface area contributed by atoms with Crippen LogP contribution in [0.4, 0.5) is 0 Å². The zero-order chi connectivity index (χ0) is 10.5. The maximum atomic E-state index is 3.67. The van der Waals surface area contributed by atoms with Gasteiger partial charge in [-0.1, -0.05) is 6.07 Å². The van der Waals surface area contributed by atoms with Crippen molar-refractivity contribution in [1.82, 2.24) is 10.2 Å². The number of hydrogen-bond acceptors (Lipinski definition) is 3. The van der Waals surface area contributed by atoms with Crippen molar-refractivity contribution in [3.05, 3.63) is 22.4 Å². The van der Waals surface area contributed by atoms with Crippen molar-refractivity contribution < 1.29 is 0 Å². The van der Waals surface area contributed by atoms with Crippen molar-refractivity contribution in [2.24, 2.45) is 0 Å². The largest absolute Gasteiger partial charge is 0.309 e. The average molecular weight is 224 g/mol. The first-order valence-corrected chi connectivity index (χ1v) is 6.67. The molecular formula is C12H20N2S. The average Bonchev–Trinajstić information content (AvgIpc) is 2.66. The van der Waals surface area contributed by atoms with Crippen LogP contribution < -0.4 is 5.32 Å². The lowest BCUT2D eigenvalue weighted by Gasteiger charge is -2.16. The summed E-state index contributed by atoms with van der Waals surface area (Å²) in [7, 11) is 2.22. The summed E-state index contributed by atoms with van der Waals surface area (Å²) >= 11 is 1.84. The first kappa shape index (κ1) is 11.1. The van der Waals surface area contributed by atoms with Crippen LogP contribution in [0.2, 0.25) is 0 Å². The van der Waals surface area contributed by atoms with E-state index in [2.05, 4.69) is 34.8 Å². The van der Waals surface area contributed by atoms with Gasteiger partial charge in [0.1, 0.15) is 0 Å². The van der Waals surface area contributed by atoms with E-state index in [1.807, 2.05) is 11.3 Å². The summed E-state index contributed by atoms with van der Waals surface area (Å²) in [5, 5.41) is 5.82. The van der Waals surface area contributed by atoms with Gasteiger partial charge in [0.15, 0.2) is 0 Å². The molecule has 1 N–H and O–H groups in total. The van der Waals surface area contributed by atoms with Crippen LogP contribution in [0.5, 0.6) is 0 Å². The van der Waals surface area contributed by atoms with E-state index in [1.54, 1.807) is 0 Å². The summed E-state index contributed by atoms with van der Waals surface area (Å²) in [5.41, 5.74) is 0. The van der Waals surface area contributed by atoms with Gasteiger partial charge >= 0.3 is 0 Å². The monoisotopic (exact) mass is 224 g/mol. The molecule has 1 aromatic heterocycles. The molecule has 1 unspecified atom stereocenters. The predicted octanol–water partition coefficient (Wildman–Crippen LogP) is 2.32. The van der Waals surface area contributed by atoms with Gasteiger partial charge in [0, 0.05) is 17.5 Å². The lowest BCUT2D eigenvalue weighted by molar-refractivity contribution is 0.343. The summed E-state index contributed by atoms with van der Waals surface area (Å²) in [6, 6.07) is 5.06. The molecule has 3 heteroatoms. The van der Waals surface area contributed by atoms with E-state index in [0.29, 0.717) is 0 Å². The highest BCUT2D eigenvalue weighted by Gasteiger charge is 2.13. The van der Waals surface area contributed by atoms with Crippen molar-refractivity contribution >= 4 is 11.3 Å². The molecule has 84 valence electrons. The molecule has 1 aliphatic rings. The molecule has 0 aliphatic carbocycles. The zero-order valence-corrected chi connectivity index (χ0v) is 10.2. The zero-order valence-electron chi connectivity index (χ0n) is 9.41. The van der Waals surface area contributed by atoms with Crippen molar-refractivity contribution in [2.75, 3.05) is 20.1 Å².